The quantitative estimate of drug-likeness (QED) is 0.271. The third-order valence-electron chi connectivity index (χ3n) is 5.93. The second-order valence-corrected chi connectivity index (χ2v) is 10.1. The molecule has 0 aliphatic rings. The van der Waals surface area contributed by atoms with Crippen LogP contribution in [0.4, 0.5) is 11.5 Å². The molecule has 0 aliphatic carbocycles. The van der Waals surface area contributed by atoms with Crippen LogP contribution in [-0.4, -0.2) is 46.5 Å². The molecular formula is C29H29N5O5. The molecule has 4 rings (SSSR count). The van der Waals surface area contributed by atoms with E-state index in [0.717, 1.165) is 10.8 Å². The summed E-state index contributed by atoms with van der Waals surface area (Å²) in [4.78, 5) is 46.7. The van der Waals surface area contributed by atoms with Crippen LogP contribution in [0, 0.1) is 5.41 Å². The predicted molar refractivity (Wildman–Crippen MR) is 149 cm³/mol. The minimum Gasteiger partial charge on any atom is -0.481 e. The minimum absolute atomic E-state index is 0.0453. The molecule has 0 saturated carbocycles. The van der Waals surface area contributed by atoms with Crippen molar-refractivity contribution in [2.24, 2.45) is 5.41 Å². The average molecular weight is 528 g/mol. The van der Waals surface area contributed by atoms with Gasteiger partial charge in [-0.15, -0.1) is 0 Å². The molecule has 0 fully saturated rings. The number of nitrogens with two attached hydrogens (primary N) is 1. The first-order chi connectivity index (χ1) is 18.5. The summed E-state index contributed by atoms with van der Waals surface area (Å²) in [7, 11) is 1.42. The molecule has 0 bridgehead atoms. The van der Waals surface area contributed by atoms with Crippen LogP contribution in [0.1, 0.15) is 52.0 Å². The topological polar surface area (TPSA) is 157 Å². The average Bonchev–Trinajstić information content (AvgIpc) is 2.90. The van der Waals surface area contributed by atoms with E-state index in [1.807, 2.05) is 20.8 Å². The number of ether oxygens (including phenoxy) is 1. The number of carboxylic acids is 1. The van der Waals surface area contributed by atoms with Crippen molar-refractivity contribution in [3.63, 3.8) is 0 Å². The highest BCUT2D eigenvalue weighted by Crippen LogP contribution is 2.30. The second-order valence-electron chi connectivity index (χ2n) is 10.1. The molecule has 0 spiro atoms. The maximum absolute atomic E-state index is 13.4. The van der Waals surface area contributed by atoms with E-state index in [9.17, 15) is 19.5 Å². The number of nitrogens with zero attached hydrogens (tertiary/aromatic N) is 2. The lowest BCUT2D eigenvalue weighted by atomic mass is 9.95. The number of methoxy groups -OCH3 is 1. The molecule has 5 N–H and O–H groups in total. The molecule has 0 aliphatic heterocycles. The maximum atomic E-state index is 13.4. The number of aromatic carboxylic acids is 1. The third kappa shape index (κ3) is 6.12. The Labute approximate surface area is 225 Å². The third-order valence-corrected chi connectivity index (χ3v) is 5.93. The number of anilines is 2. The van der Waals surface area contributed by atoms with Crippen LogP contribution in [0.5, 0.6) is 5.88 Å². The predicted octanol–water partition coefficient (Wildman–Crippen LogP) is 4.61. The summed E-state index contributed by atoms with van der Waals surface area (Å²) in [5.74, 6) is -1.67. The van der Waals surface area contributed by atoms with Gasteiger partial charge in [-0.3, -0.25) is 9.59 Å². The lowest BCUT2D eigenvalue weighted by molar-refractivity contribution is 0.0697. The summed E-state index contributed by atoms with van der Waals surface area (Å²) < 4.78 is 5.22. The zero-order valence-corrected chi connectivity index (χ0v) is 22.0. The van der Waals surface area contributed by atoms with Gasteiger partial charge in [0.25, 0.3) is 11.8 Å². The Morgan fingerprint density at radius 3 is 2.41 bits per heavy atom. The Balaban J connectivity index is 1.72. The standard InChI is InChI=1S/C29H29N5O5/c1-29(2,3)15-32-26(35)17-5-7-20(22(14-17)28(37)38)21-9-10-23(39-4)34-24(21)27(36)33-18-6-8-19-16(13-18)11-12-31-25(19)30/h5-14H,15H2,1-4H3,(H2,30,31)(H,32,35)(H,33,36)(H,37,38). The van der Waals surface area contributed by atoms with E-state index in [-0.39, 0.29) is 39.2 Å². The molecule has 0 unspecified atom stereocenters. The van der Waals surface area contributed by atoms with Gasteiger partial charge in [0.05, 0.1) is 12.7 Å². The number of benzene rings is 2. The smallest absolute Gasteiger partial charge is 0.336 e. The Morgan fingerprint density at radius 1 is 0.974 bits per heavy atom. The number of nitrogens with one attached hydrogen (secondary N) is 2. The first-order valence-corrected chi connectivity index (χ1v) is 12.1. The van der Waals surface area contributed by atoms with Crippen LogP contribution in [0.25, 0.3) is 21.9 Å². The van der Waals surface area contributed by atoms with Gasteiger partial charge in [-0.25, -0.2) is 14.8 Å². The van der Waals surface area contributed by atoms with E-state index < -0.39 is 17.8 Å². The van der Waals surface area contributed by atoms with Crippen LogP contribution in [0.2, 0.25) is 0 Å². The van der Waals surface area contributed by atoms with Gasteiger partial charge >= 0.3 is 5.97 Å². The normalized spacial score (nSPS) is 11.2. The van der Waals surface area contributed by atoms with E-state index in [1.165, 1.54) is 31.4 Å². The molecule has 0 saturated heterocycles. The van der Waals surface area contributed by atoms with E-state index in [4.69, 9.17) is 10.5 Å². The molecule has 2 heterocycles. The number of carbonyl (C=O) groups excluding carboxylic acids is 2. The van der Waals surface area contributed by atoms with Crippen molar-refractivity contribution in [1.82, 2.24) is 15.3 Å². The Morgan fingerprint density at radius 2 is 1.72 bits per heavy atom. The van der Waals surface area contributed by atoms with Crippen molar-refractivity contribution in [3.8, 4) is 17.0 Å². The van der Waals surface area contributed by atoms with Gasteiger partial charge in [-0.05, 0) is 58.8 Å². The first-order valence-electron chi connectivity index (χ1n) is 12.1. The zero-order chi connectivity index (χ0) is 28.3. The van der Waals surface area contributed by atoms with E-state index in [0.29, 0.717) is 18.1 Å². The molecule has 39 heavy (non-hydrogen) atoms. The molecule has 2 aromatic heterocycles. The number of nitrogen functional groups attached to an aromatic ring is 1. The molecule has 10 nitrogen and oxygen atoms in total. The zero-order valence-electron chi connectivity index (χ0n) is 22.0. The van der Waals surface area contributed by atoms with Crippen molar-refractivity contribution in [2.45, 2.75) is 20.8 Å². The number of hydrogen-bond donors (Lipinski definition) is 4. The Bertz CT molecular complexity index is 1590. The number of hydrogen-bond acceptors (Lipinski definition) is 7. The van der Waals surface area contributed by atoms with Crippen LogP contribution >= 0.6 is 0 Å². The maximum Gasteiger partial charge on any atom is 0.336 e. The monoisotopic (exact) mass is 527 g/mol. The van der Waals surface area contributed by atoms with Gasteiger partial charge < -0.3 is 26.2 Å². The Kier molecular flexibility index (Phi) is 7.48. The SMILES string of the molecule is COc1ccc(-c2ccc(C(=O)NCC(C)(C)C)cc2C(=O)O)c(C(=O)Nc2ccc3c(N)nccc3c2)n1. The second kappa shape index (κ2) is 10.8. The number of rotatable bonds is 7. The van der Waals surface area contributed by atoms with Gasteiger partial charge in [0.2, 0.25) is 5.88 Å². The van der Waals surface area contributed by atoms with Crippen molar-refractivity contribution in [1.29, 1.82) is 0 Å². The van der Waals surface area contributed by atoms with Crippen LogP contribution < -0.4 is 21.1 Å². The number of fused-ring (bicyclic) bond motifs is 1. The molecule has 10 heteroatoms. The van der Waals surface area contributed by atoms with Crippen LogP contribution in [0.3, 0.4) is 0 Å². The molecule has 200 valence electrons. The number of pyridine rings is 2. The van der Waals surface area contributed by atoms with Gasteiger partial charge in [-0.1, -0.05) is 26.8 Å². The van der Waals surface area contributed by atoms with Crippen molar-refractivity contribution >= 4 is 40.1 Å². The highest BCUT2D eigenvalue weighted by Gasteiger charge is 2.23. The number of aromatic nitrogens is 2. The lowest BCUT2D eigenvalue weighted by Gasteiger charge is -2.19. The Hall–Kier alpha value is -4.99. The molecular weight excluding hydrogens is 498 g/mol. The summed E-state index contributed by atoms with van der Waals surface area (Å²) in [6.07, 6.45) is 1.57. The number of carboxylic acid groups (broad SMARTS) is 1. The largest absolute Gasteiger partial charge is 0.481 e. The van der Waals surface area contributed by atoms with Crippen LogP contribution in [0.15, 0.2) is 60.8 Å². The summed E-state index contributed by atoms with van der Waals surface area (Å²) in [6, 6.07) is 14.4. The fraction of sp³-hybridized carbons (Fsp3) is 0.207. The summed E-state index contributed by atoms with van der Waals surface area (Å²) in [6.45, 7) is 6.35. The summed E-state index contributed by atoms with van der Waals surface area (Å²) in [5, 5.41) is 17.1. The van der Waals surface area contributed by atoms with E-state index in [2.05, 4.69) is 20.6 Å². The van der Waals surface area contributed by atoms with E-state index >= 15 is 0 Å². The van der Waals surface area contributed by atoms with Crippen LogP contribution in [-0.2, 0) is 0 Å². The number of carbonyl (C=O) groups is 3. The lowest BCUT2D eigenvalue weighted by Crippen LogP contribution is -2.32. The minimum atomic E-state index is -1.25. The first kappa shape index (κ1) is 27.1. The fourth-order valence-electron chi connectivity index (χ4n) is 3.96. The van der Waals surface area contributed by atoms with Gasteiger partial charge in [0.1, 0.15) is 11.5 Å². The molecule has 2 amide bonds. The summed E-state index contributed by atoms with van der Waals surface area (Å²) >= 11 is 0. The molecule has 2 aromatic carbocycles. The fourth-order valence-corrected chi connectivity index (χ4v) is 3.96. The highest BCUT2D eigenvalue weighted by atomic mass is 16.5. The van der Waals surface area contributed by atoms with Gasteiger partial charge in [0.15, 0.2) is 0 Å². The van der Waals surface area contributed by atoms with Gasteiger partial charge in [0, 0.05) is 41.0 Å². The highest BCUT2D eigenvalue weighted by molar-refractivity contribution is 6.10. The van der Waals surface area contributed by atoms with Crippen molar-refractivity contribution < 1.29 is 24.2 Å². The summed E-state index contributed by atoms with van der Waals surface area (Å²) in [5.41, 5.74) is 6.76. The molecule has 4 aromatic rings. The van der Waals surface area contributed by atoms with Crippen molar-refractivity contribution in [3.05, 3.63) is 77.6 Å². The van der Waals surface area contributed by atoms with E-state index in [1.54, 1.807) is 36.5 Å². The number of amides is 2. The molecule has 0 radical (unpaired) electrons. The molecule has 0 atom stereocenters. The van der Waals surface area contributed by atoms with Crippen molar-refractivity contribution in [2.75, 3.05) is 24.7 Å². The van der Waals surface area contributed by atoms with Gasteiger partial charge in [-0.2, -0.15) is 0 Å².